The highest BCUT2D eigenvalue weighted by atomic mass is 79.9. The molecule has 148 valence electrons. The van der Waals surface area contributed by atoms with Crippen LogP contribution in [-0.2, 0) is 19.7 Å². The Hall–Kier alpha value is -2.02. The zero-order valence-corrected chi connectivity index (χ0v) is 18.0. The lowest BCUT2D eigenvalue weighted by Crippen LogP contribution is -2.16. The maximum Gasteiger partial charge on any atom is 0.162 e. The van der Waals surface area contributed by atoms with Gasteiger partial charge in [0.05, 0.1) is 13.4 Å². The number of rotatable bonds is 10. The van der Waals surface area contributed by atoms with E-state index in [4.69, 9.17) is 21.1 Å². The minimum atomic E-state index is 0.450. The summed E-state index contributed by atoms with van der Waals surface area (Å²) in [6.07, 6.45) is 6.65. The van der Waals surface area contributed by atoms with Crippen molar-refractivity contribution >= 4 is 27.5 Å². The smallest absolute Gasteiger partial charge is 0.162 e. The zero-order valence-electron chi connectivity index (χ0n) is 15.7. The number of hydrogen-bond donors (Lipinski definition) is 1. The first-order valence-electron chi connectivity index (χ1n) is 9.06. The molecule has 1 N–H and O–H groups in total. The lowest BCUT2D eigenvalue weighted by Gasteiger charge is -2.15. The standard InChI is InChI=1S/C21H23BrClN3O2/c1-27-20-11-17(13-24-7-2-9-26-10-8-25-15-26)19(22)12-21(20)28-14-16-3-5-18(23)6-4-16/h3-6,8,10-12,15,24H,2,7,9,13-14H2,1H3. The number of nitrogens with zero attached hydrogens (tertiary/aromatic N) is 2. The molecule has 0 amide bonds. The summed E-state index contributed by atoms with van der Waals surface area (Å²) in [4.78, 5) is 4.05. The Morgan fingerprint density at radius 3 is 2.71 bits per heavy atom. The van der Waals surface area contributed by atoms with Crippen LogP contribution in [0.5, 0.6) is 11.5 Å². The third kappa shape index (κ3) is 5.99. The first kappa shape index (κ1) is 20.7. The highest BCUT2D eigenvalue weighted by Crippen LogP contribution is 2.34. The largest absolute Gasteiger partial charge is 0.493 e. The van der Waals surface area contributed by atoms with E-state index in [0.717, 1.165) is 41.7 Å². The van der Waals surface area contributed by atoms with Gasteiger partial charge >= 0.3 is 0 Å². The second kappa shape index (κ2) is 10.5. The van der Waals surface area contributed by atoms with Crippen LogP contribution >= 0.6 is 27.5 Å². The minimum absolute atomic E-state index is 0.450. The molecule has 7 heteroatoms. The monoisotopic (exact) mass is 463 g/mol. The number of halogens is 2. The Morgan fingerprint density at radius 2 is 2.00 bits per heavy atom. The summed E-state index contributed by atoms with van der Waals surface area (Å²) >= 11 is 9.57. The van der Waals surface area contributed by atoms with Crippen LogP contribution in [-0.4, -0.2) is 23.2 Å². The van der Waals surface area contributed by atoms with Crippen LogP contribution in [0.4, 0.5) is 0 Å². The Labute approximate surface area is 178 Å². The van der Waals surface area contributed by atoms with E-state index in [2.05, 4.69) is 30.8 Å². The number of aromatic nitrogens is 2. The lowest BCUT2D eigenvalue weighted by atomic mass is 10.2. The van der Waals surface area contributed by atoms with Gasteiger partial charge in [-0.25, -0.2) is 4.98 Å². The quantitative estimate of drug-likeness (QED) is 0.426. The van der Waals surface area contributed by atoms with E-state index in [1.807, 2.05) is 48.9 Å². The maximum atomic E-state index is 5.95. The summed E-state index contributed by atoms with van der Waals surface area (Å²) in [7, 11) is 1.65. The average molecular weight is 465 g/mol. The van der Waals surface area contributed by atoms with E-state index in [0.29, 0.717) is 23.1 Å². The molecule has 3 aromatic rings. The van der Waals surface area contributed by atoms with Gasteiger partial charge in [-0.3, -0.25) is 0 Å². The molecule has 1 aromatic heterocycles. The first-order chi connectivity index (χ1) is 13.7. The molecule has 28 heavy (non-hydrogen) atoms. The molecule has 0 saturated heterocycles. The number of imidazole rings is 1. The third-order valence-corrected chi connectivity index (χ3v) is 5.27. The van der Waals surface area contributed by atoms with Crippen molar-refractivity contribution < 1.29 is 9.47 Å². The van der Waals surface area contributed by atoms with Crippen molar-refractivity contribution in [2.75, 3.05) is 13.7 Å². The van der Waals surface area contributed by atoms with Gasteiger partial charge in [0.2, 0.25) is 0 Å². The number of ether oxygens (including phenoxy) is 2. The van der Waals surface area contributed by atoms with Gasteiger partial charge in [0, 0.05) is 35.0 Å². The fourth-order valence-corrected chi connectivity index (χ4v) is 3.34. The van der Waals surface area contributed by atoms with Gasteiger partial charge in [-0.1, -0.05) is 39.7 Å². The highest BCUT2D eigenvalue weighted by Gasteiger charge is 2.11. The molecule has 0 saturated carbocycles. The second-order valence-corrected chi connectivity index (χ2v) is 7.63. The van der Waals surface area contributed by atoms with E-state index in [1.54, 1.807) is 13.3 Å². The molecule has 0 atom stereocenters. The fraction of sp³-hybridized carbons (Fsp3) is 0.286. The van der Waals surface area contributed by atoms with Crippen molar-refractivity contribution in [3.8, 4) is 11.5 Å². The molecule has 0 bridgehead atoms. The summed E-state index contributed by atoms with van der Waals surface area (Å²) in [5.74, 6) is 1.42. The van der Waals surface area contributed by atoms with Gasteiger partial charge in [0.1, 0.15) is 6.61 Å². The van der Waals surface area contributed by atoms with Crippen LogP contribution in [0.1, 0.15) is 17.5 Å². The zero-order chi connectivity index (χ0) is 19.8. The molecule has 0 unspecified atom stereocenters. The first-order valence-corrected chi connectivity index (χ1v) is 10.2. The number of nitrogens with one attached hydrogen (secondary N) is 1. The van der Waals surface area contributed by atoms with Gasteiger partial charge in [-0.2, -0.15) is 0 Å². The molecule has 2 aromatic carbocycles. The molecular weight excluding hydrogens is 442 g/mol. The van der Waals surface area contributed by atoms with E-state index in [-0.39, 0.29) is 0 Å². The van der Waals surface area contributed by atoms with Crippen LogP contribution in [0.15, 0.2) is 59.6 Å². The van der Waals surface area contributed by atoms with Crippen LogP contribution in [0.2, 0.25) is 5.02 Å². The summed E-state index contributed by atoms with van der Waals surface area (Å²) < 4.78 is 14.5. The van der Waals surface area contributed by atoms with Crippen molar-refractivity contribution in [1.29, 1.82) is 0 Å². The molecule has 3 rings (SSSR count). The highest BCUT2D eigenvalue weighted by molar-refractivity contribution is 9.10. The molecule has 1 heterocycles. The number of benzene rings is 2. The average Bonchev–Trinajstić information content (AvgIpc) is 3.22. The van der Waals surface area contributed by atoms with E-state index >= 15 is 0 Å². The number of aryl methyl sites for hydroxylation is 1. The summed E-state index contributed by atoms with van der Waals surface area (Å²) in [6.45, 7) is 3.07. The molecule has 0 aliphatic heterocycles. The van der Waals surface area contributed by atoms with Gasteiger partial charge in [-0.05, 0) is 48.4 Å². The van der Waals surface area contributed by atoms with Crippen molar-refractivity contribution in [1.82, 2.24) is 14.9 Å². The number of methoxy groups -OCH3 is 1. The Morgan fingerprint density at radius 1 is 1.18 bits per heavy atom. The molecular formula is C21H23BrClN3O2. The Bertz CT molecular complexity index is 870. The maximum absolute atomic E-state index is 5.95. The van der Waals surface area contributed by atoms with Crippen molar-refractivity contribution in [2.24, 2.45) is 0 Å². The Kier molecular flexibility index (Phi) is 7.77. The molecule has 0 aliphatic rings. The second-order valence-electron chi connectivity index (χ2n) is 6.34. The lowest BCUT2D eigenvalue weighted by molar-refractivity contribution is 0.284. The predicted molar refractivity (Wildman–Crippen MR) is 115 cm³/mol. The van der Waals surface area contributed by atoms with Gasteiger partial charge in [0.15, 0.2) is 11.5 Å². The van der Waals surface area contributed by atoms with E-state index < -0.39 is 0 Å². The predicted octanol–water partition coefficient (Wildman–Crippen LogP) is 5.07. The van der Waals surface area contributed by atoms with Crippen molar-refractivity contribution in [3.05, 3.63) is 75.7 Å². The van der Waals surface area contributed by atoms with E-state index in [9.17, 15) is 0 Å². The van der Waals surface area contributed by atoms with Crippen LogP contribution in [0.3, 0.4) is 0 Å². The van der Waals surface area contributed by atoms with Gasteiger partial charge in [-0.15, -0.1) is 0 Å². The fourth-order valence-electron chi connectivity index (χ4n) is 2.76. The van der Waals surface area contributed by atoms with Crippen molar-refractivity contribution in [3.63, 3.8) is 0 Å². The molecule has 5 nitrogen and oxygen atoms in total. The summed E-state index contributed by atoms with van der Waals surface area (Å²) in [5.41, 5.74) is 2.17. The Balaban J connectivity index is 1.53. The molecule has 0 fully saturated rings. The van der Waals surface area contributed by atoms with Crippen LogP contribution < -0.4 is 14.8 Å². The normalized spacial score (nSPS) is 10.8. The summed E-state index contributed by atoms with van der Waals surface area (Å²) in [6, 6.07) is 11.6. The van der Waals surface area contributed by atoms with Crippen LogP contribution in [0.25, 0.3) is 0 Å². The van der Waals surface area contributed by atoms with Crippen molar-refractivity contribution in [2.45, 2.75) is 26.1 Å². The number of hydrogen-bond acceptors (Lipinski definition) is 4. The van der Waals surface area contributed by atoms with Gasteiger partial charge < -0.3 is 19.4 Å². The minimum Gasteiger partial charge on any atom is -0.493 e. The third-order valence-electron chi connectivity index (χ3n) is 4.28. The SMILES string of the molecule is COc1cc(CNCCCn2ccnc2)c(Br)cc1OCc1ccc(Cl)cc1. The molecule has 0 aliphatic carbocycles. The topological polar surface area (TPSA) is 48.3 Å². The van der Waals surface area contributed by atoms with E-state index in [1.165, 1.54) is 0 Å². The molecule has 0 radical (unpaired) electrons. The van der Waals surface area contributed by atoms with Crippen LogP contribution in [0, 0.1) is 0 Å². The molecule has 0 spiro atoms. The van der Waals surface area contributed by atoms with Gasteiger partial charge in [0.25, 0.3) is 0 Å². The summed E-state index contributed by atoms with van der Waals surface area (Å²) in [5, 5.41) is 4.18.